The Bertz CT molecular complexity index is 1330. The Labute approximate surface area is 182 Å². The number of ether oxygens (including phenoxy) is 2. The van der Waals surface area contributed by atoms with Gasteiger partial charge in [0.25, 0.3) is 0 Å². The Balaban J connectivity index is 1.53. The molecule has 0 amide bonds. The fourth-order valence-electron chi connectivity index (χ4n) is 3.30. The van der Waals surface area contributed by atoms with E-state index in [-0.39, 0.29) is 28.9 Å². The van der Waals surface area contributed by atoms with E-state index >= 15 is 0 Å². The first kappa shape index (κ1) is 19.3. The van der Waals surface area contributed by atoms with E-state index < -0.39 is 5.82 Å². The maximum atomic E-state index is 14.8. The number of benzene rings is 2. The summed E-state index contributed by atoms with van der Waals surface area (Å²) in [5.74, 6) is 0.461. The second-order valence-corrected chi connectivity index (χ2v) is 7.66. The quantitative estimate of drug-likeness (QED) is 0.438. The lowest BCUT2D eigenvalue weighted by molar-refractivity contribution is 0.302. The van der Waals surface area contributed by atoms with Crippen LogP contribution in [-0.2, 0) is 6.61 Å². The molecule has 0 radical (unpaired) electrons. The molecule has 5 rings (SSSR count). The summed E-state index contributed by atoms with van der Waals surface area (Å²) in [6, 6.07) is 13.4. The van der Waals surface area contributed by atoms with Gasteiger partial charge >= 0.3 is 0 Å². The first-order valence-corrected chi connectivity index (χ1v) is 10.1. The van der Waals surface area contributed by atoms with E-state index in [1.807, 2.05) is 18.2 Å². The molecule has 8 heteroatoms. The molecular formula is C23H16ClFN4O2. The van der Waals surface area contributed by atoms with Gasteiger partial charge in [-0.05, 0) is 49.2 Å². The van der Waals surface area contributed by atoms with Gasteiger partial charge in [-0.2, -0.15) is 10.4 Å². The Morgan fingerprint density at radius 1 is 1.19 bits per heavy atom. The fourth-order valence-corrected chi connectivity index (χ4v) is 3.49. The first-order valence-electron chi connectivity index (χ1n) is 9.73. The summed E-state index contributed by atoms with van der Waals surface area (Å²) in [5.41, 5.74) is 2.22. The second-order valence-electron chi connectivity index (χ2n) is 7.26. The van der Waals surface area contributed by atoms with Gasteiger partial charge in [0.1, 0.15) is 35.7 Å². The van der Waals surface area contributed by atoms with Gasteiger partial charge in [0.2, 0.25) is 0 Å². The van der Waals surface area contributed by atoms with Crippen molar-refractivity contribution < 1.29 is 13.9 Å². The van der Waals surface area contributed by atoms with Crippen molar-refractivity contribution in [2.45, 2.75) is 25.6 Å². The highest BCUT2D eigenvalue weighted by molar-refractivity contribution is 6.32. The summed E-state index contributed by atoms with van der Waals surface area (Å²) in [7, 11) is 0. The standard InChI is InChI=1S/C23H16ClFN4O2/c24-19-10-22(30-12-21-16-2-1-7-27-23(16)29-28-21)18(8-13(19)11-26)17-9-15(5-6-20(17)25)31-14-3-4-14/h1-2,5-10,14H,3-4,12H2,(H,27,28,29). The van der Waals surface area contributed by atoms with E-state index in [4.69, 9.17) is 21.1 Å². The maximum absolute atomic E-state index is 14.8. The molecule has 31 heavy (non-hydrogen) atoms. The topological polar surface area (TPSA) is 83.8 Å². The minimum absolute atomic E-state index is 0.112. The fraction of sp³-hybridized carbons (Fsp3) is 0.174. The largest absolute Gasteiger partial charge is 0.490 e. The molecule has 1 aliphatic rings. The molecule has 0 atom stereocenters. The molecule has 1 N–H and O–H groups in total. The van der Waals surface area contributed by atoms with Gasteiger partial charge in [-0.25, -0.2) is 9.37 Å². The summed E-state index contributed by atoms with van der Waals surface area (Å²) >= 11 is 6.24. The molecule has 154 valence electrons. The molecule has 0 aliphatic heterocycles. The van der Waals surface area contributed by atoms with Crippen LogP contribution in [0.3, 0.4) is 0 Å². The third-order valence-electron chi connectivity index (χ3n) is 5.02. The van der Waals surface area contributed by atoms with E-state index in [0.717, 1.165) is 18.2 Å². The molecule has 2 aromatic heterocycles. The van der Waals surface area contributed by atoms with Crippen molar-refractivity contribution in [3.8, 4) is 28.7 Å². The van der Waals surface area contributed by atoms with Crippen molar-refractivity contribution >= 4 is 22.6 Å². The van der Waals surface area contributed by atoms with Gasteiger partial charge in [-0.3, -0.25) is 5.10 Å². The lowest BCUT2D eigenvalue weighted by atomic mass is 10.0. The summed E-state index contributed by atoms with van der Waals surface area (Å²) in [5, 5.41) is 17.6. The normalized spacial score (nSPS) is 13.2. The third kappa shape index (κ3) is 3.90. The average Bonchev–Trinajstić information content (AvgIpc) is 3.50. The predicted octanol–water partition coefficient (Wildman–Crippen LogP) is 5.41. The Morgan fingerprint density at radius 2 is 2.06 bits per heavy atom. The van der Waals surface area contributed by atoms with Gasteiger partial charge in [0.05, 0.1) is 16.7 Å². The molecule has 0 saturated heterocycles. The lowest BCUT2D eigenvalue weighted by Gasteiger charge is -2.14. The van der Waals surface area contributed by atoms with Gasteiger partial charge in [-0.1, -0.05) is 11.6 Å². The van der Waals surface area contributed by atoms with E-state index in [1.54, 1.807) is 18.3 Å². The number of pyridine rings is 1. The number of nitrogens with one attached hydrogen (secondary N) is 1. The first-order chi connectivity index (χ1) is 15.1. The number of hydrogen-bond donors (Lipinski definition) is 1. The molecule has 4 aromatic rings. The zero-order valence-electron chi connectivity index (χ0n) is 16.2. The van der Waals surface area contributed by atoms with E-state index in [9.17, 15) is 9.65 Å². The van der Waals surface area contributed by atoms with Crippen molar-refractivity contribution in [2.75, 3.05) is 0 Å². The number of aromatic nitrogens is 3. The zero-order valence-corrected chi connectivity index (χ0v) is 17.0. The maximum Gasteiger partial charge on any atom is 0.155 e. The molecule has 0 spiro atoms. The molecule has 1 fully saturated rings. The molecule has 6 nitrogen and oxygen atoms in total. The van der Waals surface area contributed by atoms with E-state index in [2.05, 4.69) is 15.2 Å². The number of fused-ring (bicyclic) bond motifs is 1. The number of rotatable bonds is 6. The SMILES string of the molecule is N#Cc1cc(-c2cc(OC3CC3)ccc2F)c(OCc2n[nH]c3ncccc23)cc1Cl. The molecule has 2 aromatic carbocycles. The van der Waals surface area contributed by atoms with E-state index in [0.29, 0.717) is 28.4 Å². The summed E-state index contributed by atoms with van der Waals surface area (Å²) in [4.78, 5) is 4.21. The van der Waals surface area contributed by atoms with Crippen LogP contribution in [0, 0.1) is 17.1 Å². The summed E-state index contributed by atoms with van der Waals surface area (Å²) < 4.78 is 26.6. The van der Waals surface area contributed by atoms with Gasteiger partial charge in [-0.15, -0.1) is 0 Å². The Kier molecular flexibility index (Phi) is 4.92. The average molecular weight is 435 g/mol. The minimum Gasteiger partial charge on any atom is -0.490 e. The van der Waals surface area contributed by atoms with Crippen molar-refractivity contribution in [2.24, 2.45) is 0 Å². The zero-order chi connectivity index (χ0) is 21.4. The van der Waals surface area contributed by atoms with Crippen LogP contribution in [0.4, 0.5) is 4.39 Å². The smallest absolute Gasteiger partial charge is 0.155 e. The molecule has 1 saturated carbocycles. The number of nitriles is 1. The van der Waals surface area contributed by atoms with Crippen LogP contribution in [0.2, 0.25) is 5.02 Å². The third-order valence-corrected chi connectivity index (χ3v) is 5.34. The summed E-state index contributed by atoms with van der Waals surface area (Å²) in [6.45, 7) is 0.112. The monoisotopic (exact) mass is 434 g/mol. The molecule has 0 unspecified atom stereocenters. The van der Waals surface area contributed by atoms with Crippen LogP contribution >= 0.6 is 11.6 Å². The van der Waals surface area contributed by atoms with Crippen molar-refractivity contribution in [1.29, 1.82) is 5.26 Å². The van der Waals surface area contributed by atoms with Gasteiger partial charge < -0.3 is 9.47 Å². The van der Waals surface area contributed by atoms with Crippen LogP contribution in [0.15, 0.2) is 48.7 Å². The van der Waals surface area contributed by atoms with Crippen LogP contribution < -0.4 is 9.47 Å². The van der Waals surface area contributed by atoms with Crippen LogP contribution in [-0.4, -0.2) is 21.3 Å². The molecule has 1 aliphatic carbocycles. The second kappa shape index (κ2) is 7.89. The van der Waals surface area contributed by atoms with Crippen molar-refractivity contribution in [1.82, 2.24) is 15.2 Å². The van der Waals surface area contributed by atoms with Crippen LogP contribution in [0.25, 0.3) is 22.2 Å². The van der Waals surface area contributed by atoms with Gasteiger partial charge in [0.15, 0.2) is 5.65 Å². The van der Waals surface area contributed by atoms with Crippen molar-refractivity contribution in [3.05, 3.63) is 70.8 Å². The highest BCUT2D eigenvalue weighted by Crippen LogP contribution is 2.39. The molecular weight excluding hydrogens is 419 g/mol. The number of nitrogens with zero attached hydrogens (tertiary/aromatic N) is 3. The highest BCUT2D eigenvalue weighted by Gasteiger charge is 2.24. The number of halogens is 2. The number of H-pyrrole nitrogens is 1. The summed E-state index contributed by atoms with van der Waals surface area (Å²) in [6.07, 6.45) is 3.83. The Morgan fingerprint density at radius 3 is 2.87 bits per heavy atom. The highest BCUT2D eigenvalue weighted by atomic mass is 35.5. The van der Waals surface area contributed by atoms with Gasteiger partial charge in [0, 0.05) is 28.8 Å². The Hall–Kier alpha value is -3.63. The predicted molar refractivity (Wildman–Crippen MR) is 113 cm³/mol. The molecule has 0 bridgehead atoms. The van der Waals surface area contributed by atoms with Crippen molar-refractivity contribution in [3.63, 3.8) is 0 Å². The lowest BCUT2D eigenvalue weighted by Crippen LogP contribution is -2.01. The van der Waals surface area contributed by atoms with Crippen LogP contribution in [0.5, 0.6) is 11.5 Å². The van der Waals surface area contributed by atoms with E-state index in [1.165, 1.54) is 18.2 Å². The number of aromatic amines is 1. The minimum atomic E-state index is -0.450. The number of hydrogen-bond acceptors (Lipinski definition) is 5. The van der Waals surface area contributed by atoms with Crippen LogP contribution in [0.1, 0.15) is 24.1 Å². The molecule has 2 heterocycles.